The van der Waals surface area contributed by atoms with Crippen molar-refractivity contribution in [1.29, 1.82) is 0 Å². The standard InChI is InChI=1S/C17H18N2OS/c1-3-19(14-8-5-4-6-9-14)17(20)16-12-13(2)15(21-16)10-7-11-18/h4-6,8-9,12H,3,11,18H2,1-2H3. The molecule has 2 rings (SSSR count). The van der Waals surface area contributed by atoms with E-state index in [1.54, 1.807) is 4.90 Å². The van der Waals surface area contributed by atoms with Crippen LogP contribution in [-0.4, -0.2) is 19.0 Å². The highest BCUT2D eigenvalue weighted by molar-refractivity contribution is 7.14. The van der Waals surface area contributed by atoms with Gasteiger partial charge in [0.2, 0.25) is 0 Å². The van der Waals surface area contributed by atoms with Crippen molar-refractivity contribution in [3.05, 3.63) is 51.7 Å². The van der Waals surface area contributed by atoms with Gasteiger partial charge in [0.1, 0.15) is 0 Å². The Morgan fingerprint density at radius 3 is 2.67 bits per heavy atom. The van der Waals surface area contributed by atoms with Gasteiger partial charge in [-0.25, -0.2) is 0 Å². The van der Waals surface area contributed by atoms with Gasteiger partial charge in [0.05, 0.1) is 16.3 Å². The molecule has 1 aromatic heterocycles. The predicted octanol–water partition coefficient (Wildman–Crippen LogP) is 3.03. The van der Waals surface area contributed by atoms with E-state index in [1.165, 1.54) is 11.3 Å². The Morgan fingerprint density at radius 2 is 2.05 bits per heavy atom. The van der Waals surface area contributed by atoms with Crippen LogP contribution in [0, 0.1) is 18.8 Å². The fraction of sp³-hybridized carbons (Fsp3) is 0.235. The molecule has 0 fully saturated rings. The Balaban J connectivity index is 2.30. The minimum absolute atomic E-state index is 0.0117. The minimum Gasteiger partial charge on any atom is -0.320 e. The SMILES string of the molecule is CCN(C(=O)c1cc(C)c(C#CCN)s1)c1ccccc1. The number of carbonyl (C=O) groups is 1. The van der Waals surface area contributed by atoms with Gasteiger partial charge in [-0.2, -0.15) is 0 Å². The molecule has 1 heterocycles. The maximum Gasteiger partial charge on any atom is 0.268 e. The third-order valence-electron chi connectivity index (χ3n) is 3.06. The van der Waals surface area contributed by atoms with Crippen molar-refractivity contribution in [1.82, 2.24) is 0 Å². The molecule has 0 radical (unpaired) electrons. The second kappa shape index (κ2) is 7.07. The summed E-state index contributed by atoms with van der Waals surface area (Å²) in [6, 6.07) is 11.6. The average molecular weight is 298 g/mol. The lowest BCUT2D eigenvalue weighted by molar-refractivity contribution is 0.0992. The van der Waals surface area contributed by atoms with Crippen molar-refractivity contribution in [2.24, 2.45) is 5.73 Å². The van der Waals surface area contributed by atoms with Gasteiger partial charge in [-0.05, 0) is 37.6 Å². The van der Waals surface area contributed by atoms with Crippen molar-refractivity contribution < 1.29 is 4.79 Å². The summed E-state index contributed by atoms with van der Waals surface area (Å²) >= 11 is 1.43. The molecule has 1 aromatic carbocycles. The third kappa shape index (κ3) is 3.52. The molecule has 2 N–H and O–H groups in total. The van der Waals surface area contributed by atoms with Crippen LogP contribution in [0.3, 0.4) is 0 Å². The summed E-state index contributed by atoms with van der Waals surface area (Å²) in [6.07, 6.45) is 0. The van der Waals surface area contributed by atoms with E-state index in [-0.39, 0.29) is 5.91 Å². The number of aryl methyl sites for hydroxylation is 1. The van der Waals surface area contributed by atoms with Crippen LogP contribution in [0.2, 0.25) is 0 Å². The highest BCUT2D eigenvalue weighted by Crippen LogP contribution is 2.24. The van der Waals surface area contributed by atoms with Crippen molar-refractivity contribution in [2.75, 3.05) is 18.0 Å². The van der Waals surface area contributed by atoms with Crippen LogP contribution in [0.25, 0.3) is 0 Å². The minimum atomic E-state index is 0.0117. The van der Waals surface area contributed by atoms with Gasteiger partial charge in [0.15, 0.2) is 0 Å². The quantitative estimate of drug-likeness (QED) is 0.885. The first-order valence-corrected chi connectivity index (χ1v) is 7.65. The number of rotatable bonds is 3. The fourth-order valence-electron chi connectivity index (χ4n) is 2.03. The molecule has 0 saturated heterocycles. The lowest BCUT2D eigenvalue weighted by Gasteiger charge is -2.20. The molecular weight excluding hydrogens is 280 g/mol. The normalized spacial score (nSPS) is 9.86. The number of thiophene rings is 1. The van der Waals surface area contributed by atoms with E-state index in [9.17, 15) is 4.79 Å². The molecule has 0 unspecified atom stereocenters. The van der Waals surface area contributed by atoms with Gasteiger partial charge in [-0.15, -0.1) is 11.3 Å². The third-order valence-corrected chi connectivity index (χ3v) is 4.20. The molecular formula is C17H18N2OS. The molecule has 1 amide bonds. The topological polar surface area (TPSA) is 46.3 Å². The summed E-state index contributed by atoms with van der Waals surface area (Å²) in [5, 5.41) is 0. The number of para-hydroxylation sites is 1. The Hall–Kier alpha value is -2.09. The van der Waals surface area contributed by atoms with Gasteiger partial charge in [-0.3, -0.25) is 4.79 Å². The van der Waals surface area contributed by atoms with Crippen LogP contribution in [-0.2, 0) is 0 Å². The summed E-state index contributed by atoms with van der Waals surface area (Å²) < 4.78 is 0. The molecule has 108 valence electrons. The van der Waals surface area contributed by atoms with E-state index in [2.05, 4.69) is 11.8 Å². The van der Waals surface area contributed by atoms with Crippen molar-refractivity contribution in [3.63, 3.8) is 0 Å². The van der Waals surface area contributed by atoms with Crippen LogP contribution in [0.5, 0.6) is 0 Å². The molecule has 0 bridgehead atoms. The number of hydrogen-bond donors (Lipinski definition) is 1. The van der Waals surface area contributed by atoms with Gasteiger partial charge in [0, 0.05) is 12.2 Å². The number of benzene rings is 1. The fourth-order valence-corrected chi connectivity index (χ4v) is 3.02. The second-order valence-electron chi connectivity index (χ2n) is 4.51. The van der Waals surface area contributed by atoms with E-state index in [0.717, 1.165) is 16.1 Å². The first-order chi connectivity index (χ1) is 10.2. The molecule has 0 aliphatic carbocycles. The van der Waals surface area contributed by atoms with E-state index >= 15 is 0 Å². The Bertz CT molecular complexity index is 680. The highest BCUT2D eigenvalue weighted by Gasteiger charge is 2.18. The maximum atomic E-state index is 12.7. The number of hydrogen-bond acceptors (Lipinski definition) is 3. The molecule has 21 heavy (non-hydrogen) atoms. The van der Waals surface area contributed by atoms with E-state index in [0.29, 0.717) is 18.0 Å². The maximum absolute atomic E-state index is 12.7. The van der Waals surface area contributed by atoms with Crippen LogP contribution >= 0.6 is 11.3 Å². The molecule has 2 aromatic rings. The van der Waals surface area contributed by atoms with Gasteiger partial charge in [-0.1, -0.05) is 30.0 Å². The van der Waals surface area contributed by atoms with E-state index < -0.39 is 0 Å². The smallest absolute Gasteiger partial charge is 0.268 e. The Morgan fingerprint density at radius 1 is 1.33 bits per heavy atom. The molecule has 0 atom stereocenters. The van der Waals surface area contributed by atoms with Crippen LogP contribution in [0.1, 0.15) is 27.0 Å². The van der Waals surface area contributed by atoms with Crippen molar-refractivity contribution >= 4 is 22.9 Å². The first kappa shape index (κ1) is 15.3. The summed E-state index contributed by atoms with van der Waals surface area (Å²) in [4.78, 5) is 16.1. The Kier molecular flexibility index (Phi) is 5.15. The summed E-state index contributed by atoms with van der Waals surface area (Å²) in [7, 11) is 0. The molecule has 0 saturated carbocycles. The zero-order chi connectivity index (χ0) is 15.2. The van der Waals surface area contributed by atoms with Gasteiger partial charge >= 0.3 is 0 Å². The monoisotopic (exact) mass is 298 g/mol. The van der Waals surface area contributed by atoms with Crippen molar-refractivity contribution in [3.8, 4) is 11.8 Å². The van der Waals surface area contributed by atoms with Crippen LogP contribution in [0.4, 0.5) is 5.69 Å². The highest BCUT2D eigenvalue weighted by atomic mass is 32.1. The summed E-state index contributed by atoms with van der Waals surface area (Å²) in [5.74, 6) is 5.86. The molecule has 4 heteroatoms. The molecule has 0 spiro atoms. The number of amides is 1. The summed E-state index contributed by atoms with van der Waals surface area (Å²) in [5.41, 5.74) is 7.32. The number of nitrogens with zero attached hydrogens (tertiary/aromatic N) is 1. The number of anilines is 1. The number of carbonyl (C=O) groups excluding carboxylic acids is 1. The second-order valence-corrected chi connectivity index (χ2v) is 5.57. The van der Waals surface area contributed by atoms with E-state index in [1.807, 2.05) is 50.2 Å². The van der Waals surface area contributed by atoms with Crippen molar-refractivity contribution in [2.45, 2.75) is 13.8 Å². The zero-order valence-electron chi connectivity index (χ0n) is 12.2. The predicted molar refractivity (Wildman–Crippen MR) is 88.8 cm³/mol. The molecule has 0 aliphatic heterocycles. The largest absolute Gasteiger partial charge is 0.320 e. The van der Waals surface area contributed by atoms with Crippen LogP contribution in [0.15, 0.2) is 36.4 Å². The zero-order valence-corrected chi connectivity index (χ0v) is 13.0. The lowest BCUT2D eigenvalue weighted by Crippen LogP contribution is -2.29. The summed E-state index contributed by atoms with van der Waals surface area (Å²) in [6.45, 7) is 4.89. The molecule has 3 nitrogen and oxygen atoms in total. The first-order valence-electron chi connectivity index (χ1n) is 6.83. The van der Waals surface area contributed by atoms with Gasteiger partial charge < -0.3 is 10.6 Å². The Labute approximate surface area is 129 Å². The van der Waals surface area contributed by atoms with Crippen LogP contribution < -0.4 is 10.6 Å². The van der Waals surface area contributed by atoms with Gasteiger partial charge in [0.25, 0.3) is 5.91 Å². The average Bonchev–Trinajstić information content (AvgIpc) is 2.88. The van der Waals surface area contributed by atoms with E-state index in [4.69, 9.17) is 5.73 Å². The molecule has 0 aliphatic rings. The lowest BCUT2D eigenvalue weighted by atomic mass is 10.2. The number of nitrogens with two attached hydrogens (primary N) is 1.